The summed E-state index contributed by atoms with van der Waals surface area (Å²) < 4.78 is 0. The number of nitrogens with one attached hydrogen (secondary N) is 1. The first-order valence-corrected chi connectivity index (χ1v) is 7.20. The Morgan fingerprint density at radius 1 is 1.10 bits per heavy atom. The molecule has 1 aromatic carbocycles. The fourth-order valence-corrected chi connectivity index (χ4v) is 2.74. The second kappa shape index (κ2) is 6.33. The van der Waals surface area contributed by atoms with E-state index in [1.807, 2.05) is 6.07 Å². The zero-order chi connectivity index (χ0) is 14.5. The number of quaternary nitrogens is 1. The van der Waals surface area contributed by atoms with E-state index in [2.05, 4.69) is 45.2 Å². The molecular formula is C16H18N5+. The van der Waals surface area contributed by atoms with Crippen LogP contribution in [0.1, 0.15) is 11.3 Å². The van der Waals surface area contributed by atoms with Crippen molar-refractivity contribution in [3.63, 3.8) is 0 Å². The first kappa shape index (κ1) is 13.5. The molecule has 0 radical (unpaired) electrons. The van der Waals surface area contributed by atoms with Gasteiger partial charge in [-0.15, -0.1) is 0 Å². The van der Waals surface area contributed by atoms with Crippen LogP contribution < -0.4 is 9.80 Å². The summed E-state index contributed by atoms with van der Waals surface area (Å²) >= 11 is 0. The van der Waals surface area contributed by atoms with Gasteiger partial charge in [-0.05, 0) is 0 Å². The highest BCUT2D eigenvalue weighted by atomic mass is 15.3. The molecule has 1 aliphatic heterocycles. The Labute approximate surface area is 124 Å². The Morgan fingerprint density at radius 2 is 1.81 bits per heavy atom. The minimum absolute atomic E-state index is 0.420. The SMILES string of the molecule is N#Cc1nccnc1N1CC[NH+](Cc2ccccc2)CC1. The molecule has 5 heteroatoms. The molecule has 0 spiro atoms. The van der Waals surface area contributed by atoms with Crippen molar-refractivity contribution in [3.8, 4) is 6.07 Å². The largest absolute Gasteiger partial charge is 0.343 e. The third-order valence-corrected chi connectivity index (χ3v) is 3.85. The molecule has 0 amide bonds. The van der Waals surface area contributed by atoms with Crippen LogP contribution in [0.3, 0.4) is 0 Å². The second-order valence-corrected chi connectivity index (χ2v) is 5.24. The van der Waals surface area contributed by atoms with Gasteiger partial charge in [-0.2, -0.15) is 5.26 Å². The molecule has 1 N–H and O–H groups in total. The van der Waals surface area contributed by atoms with Gasteiger partial charge in [-0.3, -0.25) is 0 Å². The molecule has 0 bridgehead atoms. The van der Waals surface area contributed by atoms with Gasteiger partial charge in [0.15, 0.2) is 11.5 Å². The van der Waals surface area contributed by atoms with Crippen molar-refractivity contribution in [2.24, 2.45) is 0 Å². The van der Waals surface area contributed by atoms with E-state index < -0.39 is 0 Å². The summed E-state index contributed by atoms with van der Waals surface area (Å²) in [6, 6.07) is 12.7. The highest BCUT2D eigenvalue weighted by Gasteiger charge is 2.23. The molecule has 1 fully saturated rings. The van der Waals surface area contributed by atoms with Crippen molar-refractivity contribution in [1.29, 1.82) is 5.26 Å². The Hall–Kier alpha value is -2.45. The van der Waals surface area contributed by atoms with E-state index in [9.17, 15) is 0 Å². The van der Waals surface area contributed by atoms with E-state index in [1.54, 1.807) is 17.3 Å². The van der Waals surface area contributed by atoms with Crippen LogP contribution in [0.15, 0.2) is 42.7 Å². The molecule has 5 nitrogen and oxygen atoms in total. The molecule has 106 valence electrons. The van der Waals surface area contributed by atoms with E-state index >= 15 is 0 Å². The number of anilines is 1. The van der Waals surface area contributed by atoms with Crippen molar-refractivity contribution in [3.05, 3.63) is 54.0 Å². The van der Waals surface area contributed by atoms with Gasteiger partial charge in [-0.25, -0.2) is 9.97 Å². The smallest absolute Gasteiger partial charge is 0.183 e. The van der Waals surface area contributed by atoms with Gasteiger partial charge < -0.3 is 9.80 Å². The van der Waals surface area contributed by atoms with Crippen molar-refractivity contribution >= 4 is 5.82 Å². The molecule has 1 saturated heterocycles. The number of benzene rings is 1. The fourth-order valence-electron chi connectivity index (χ4n) is 2.74. The number of aromatic nitrogens is 2. The lowest BCUT2D eigenvalue weighted by Gasteiger charge is -2.33. The van der Waals surface area contributed by atoms with Crippen molar-refractivity contribution in [1.82, 2.24) is 9.97 Å². The van der Waals surface area contributed by atoms with Crippen molar-refractivity contribution < 1.29 is 4.90 Å². The van der Waals surface area contributed by atoms with Gasteiger partial charge in [0, 0.05) is 18.0 Å². The predicted molar refractivity (Wildman–Crippen MR) is 79.8 cm³/mol. The number of hydrogen-bond donors (Lipinski definition) is 1. The van der Waals surface area contributed by atoms with Crippen LogP contribution in [0.4, 0.5) is 5.82 Å². The molecule has 21 heavy (non-hydrogen) atoms. The van der Waals surface area contributed by atoms with Crippen LogP contribution in [0.5, 0.6) is 0 Å². The Balaban J connectivity index is 1.62. The number of piperazine rings is 1. The van der Waals surface area contributed by atoms with Crippen LogP contribution in [0.2, 0.25) is 0 Å². The third-order valence-electron chi connectivity index (χ3n) is 3.85. The first-order chi connectivity index (χ1) is 10.4. The van der Waals surface area contributed by atoms with Gasteiger partial charge >= 0.3 is 0 Å². The monoisotopic (exact) mass is 280 g/mol. The number of rotatable bonds is 3. The maximum atomic E-state index is 9.11. The van der Waals surface area contributed by atoms with Crippen LogP contribution >= 0.6 is 0 Å². The number of nitriles is 1. The van der Waals surface area contributed by atoms with Gasteiger partial charge in [0.05, 0.1) is 26.2 Å². The normalized spacial score (nSPS) is 15.7. The minimum atomic E-state index is 0.420. The lowest BCUT2D eigenvalue weighted by atomic mass is 10.2. The summed E-state index contributed by atoms with van der Waals surface area (Å²) in [5.41, 5.74) is 1.79. The van der Waals surface area contributed by atoms with E-state index in [-0.39, 0.29) is 0 Å². The Bertz CT molecular complexity index is 627. The maximum Gasteiger partial charge on any atom is 0.183 e. The quantitative estimate of drug-likeness (QED) is 0.876. The summed E-state index contributed by atoms with van der Waals surface area (Å²) in [7, 11) is 0. The molecule has 0 saturated carbocycles. The molecule has 0 unspecified atom stereocenters. The summed E-state index contributed by atoms with van der Waals surface area (Å²) in [4.78, 5) is 12.1. The van der Waals surface area contributed by atoms with Crippen LogP contribution in [-0.4, -0.2) is 36.1 Å². The number of nitrogens with zero attached hydrogens (tertiary/aromatic N) is 4. The van der Waals surface area contributed by atoms with Gasteiger partial charge in [0.1, 0.15) is 12.6 Å². The lowest BCUT2D eigenvalue weighted by molar-refractivity contribution is -0.914. The average molecular weight is 280 g/mol. The predicted octanol–water partition coefficient (Wildman–Crippen LogP) is 0.253. The molecule has 1 aromatic heterocycles. The lowest BCUT2D eigenvalue weighted by Crippen LogP contribution is -3.13. The van der Waals surface area contributed by atoms with Gasteiger partial charge in [0.2, 0.25) is 0 Å². The van der Waals surface area contributed by atoms with Crippen molar-refractivity contribution in [2.45, 2.75) is 6.54 Å². The number of hydrogen-bond acceptors (Lipinski definition) is 4. The minimum Gasteiger partial charge on any atom is -0.343 e. The average Bonchev–Trinajstić information content (AvgIpc) is 2.56. The highest BCUT2D eigenvalue weighted by Crippen LogP contribution is 2.13. The topological polar surface area (TPSA) is 57.2 Å². The molecule has 2 aromatic rings. The van der Waals surface area contributed by atoms with Crippen LogP contribution in [0.25, 0.3) is 0 Å². The maximum absolute atomic E-state index is 9.11. The molecule has 1 aliphatic rings. The van der Waals surface area contributed by atoms with Gasteiger partial charge in [-0.1, -0.05) is 30.3 Å². The van der Waals surface area contributed by atoms with Crippen LogP contribution in [0, 0.1) is 11.3 Å². The standard InChI is InChI=1S/C16H17N5/c17-12-15-16(19-7-6-18-15)21-10-8-20(9-11-21)13-14-4-2-1-3-5-14/h1-7H,8-11,13H2/p+1. The first-order valence-electron chi connectivity index (χ1n) is 7.20. The zero-order valence-corrected chi connectivity index (χ0v) is 11.9. The van der Waals surface area contributed by atoms with E-state index in [4.69, 9.17) is 5.26 Å². The summed E-state index contributed by atoms with van der Waals surface area (Å²) in [5.74, 6) is 0.721. The van der Waals surface area contributed by atoms with Crippen molar-refractivity contribution in [2.75, 3.05) is 31.1 Å². The molecule has 0 aliphatic carbocycles. The Kier molecular flexibility index (Phi) is 4.08. The summed E-state index contributed by atoms with van der Waals surface area (Å²) in [6.07, 6.45) is 3.22. The fraction of sp³-hybridized carbons (Fsp3) is 0.312. The molecular weight excluding hydrogens is 262 g/mol. The second-order valence-electron chi connectivity index (χ2n) is 5.24. The molecule has 2 heterocycles. The Morgan fingerprint density at radius 3 is 2.52 bits per heavy atom. The van der Waals surface area contributed by atoms with E-state index in [0.29, 0.717) is 5.69 Å². The summed E-state index contributed by atoms with van der Waals surface area (Å²) in [5, 5.41) is 9.11. The van der Waals surface area contributed by atoms with E-state index in [1.165, 1.54) is 5.56 Å². The summed E-state index contributed by atoms with van der Waals surface area (Å²) in [6.45, 7) is 4.98. The third kappa shape index (κ3) is 3.18. The molecule has 3 rings (SSSR count). The van der Waals surface area contributed by atoms with E-state index in [0.717, 1.165) is 38.5 Å². The van der Waals surface area contributed by atoms with Gasteiger partial charge in [0.25, 0.3) is 0 Å². The zero-order valence-electron chi connectivity index (χ0n) is 11.9. The van der Waals surface area contributed by atoms with Crippen LogP contribution in [-0.2, 0) is 6.54 Å². The highest BCUT2D eigenvalue weighted by molar-refractivity contribution is 5.49. The molecule has 0 atom stereocenters.